The van der Waals surface area contributed by atoms with Crippen molar-refractivity contribution >= 4 is 18.1 Å². The van der Waals surface area contributed by atoms with E-state index in [4.69, 9.17) is 18.9 Å². The van der Waals surface area contributed by atoms with Crippen molar-refractivity contribution in [2.24, 2.45) is 0 Å². The summed E-state index contributed by atoms with van der Waals surface area (Å²) < 4.78 is 19.2. The number of ether oxygens (including phenoxy) is 2. The largest absolute Gasteiger partial charge is 0.467 e. The molecular weight excluding hydrogens is 634 g/mol. The third-order valence-corrected chi connectivity index (χ3v) is 9.27. The molecule has 1 saturated carbocycles. The summed E-state index contributed by atoms with van der Waals surface area (Å²) in [7, 11) is 0. The van der Waals surface area contributed by atoms with E-state index in [1.807, 2.05) is 90.9 Å². The van der Waals surface area contributed by atoms with Gasteiger partial charge in [-0.2, -0.15) is 0 Å². The molecule has 4 aromatic rings. The number of amides is 3. The lowest BCUT2D eigenvalue weighted by Crippen LogP contribution is -2.58. The number of aromatic nitrogens is 2. The van der Waals surface area contributed by atoms with E-state index in [0.29, 0.717) is 49.6 Å². The fourth-order valence-corrected chi connectivity index (χ4v) is 6.92. The zero-order valence-electron chi connectivity index (χ0n) is 29.1. The third kappa shape index (κ3) is 8.56. The van der Waals surface area contributed by atoms with Gasteiger partial charge in [-0.3, -0.25) is 4.79 Å². The Labute approximate surface area is 293 Å². The Morgan fingerprint density at radius 1 is 0.920 bits per heavy atom. The molecule has 2 fully saturated rings. The molecule has 3 heterocycles. The maximum Gasteiger partial charge on any atom is 0.410 e. The fourth-order valence-electron chi connectivity index (χ4n) is 6.92. The van der Waals surface area contributed by atoms with E-state index in [2.05, 4.69) is 5.32 Å². The van der Waals surface area contributed by atoms with Crippen molar-refractivity contribution in [3.63, 3.8) is 0 Å². The number of benzene rings is 2. The van der Waals surface area contributed by atoms with Crippen LogP contribution in [0.15, 0.2) is 89.8 Å². The number of alkyl carbamates (subject to hydrolysis) is 1. The van der Waals surface area contributed by atoms with Crippen LogP contribution in [-0.2, 0) is 22.4 Å². The number of carbonyl (C=O) groups is 3. The first kappa shape index (κ1) is 34.8. The highest BCUT2D eigenvalue weighted by molar-refractivity contribution is 5.98. The van der Waals surface area contributed by atoms with Gasteiger partial charge >= 0.3 is 12.2 Å². The number of furan rings is 1. The maximum absolute atomic E-state index is 14.7. The summed E-state index contributed by atoms with van der Waals surface area (Å²) in [6.07, 6.45) is 6.92. The molecule has 11 nitrogen and oxygen atoms in total. The van der Waals surface area contributed by atoms with Crippen LogP contribution in [0.2, 0.25) is 0 Å². The van der Waals surface area contributed by atoms with Crippen LogP contribution in [-0.4, -0.2) is 74.8 Å². The molecule has 0 bridgehead atoms. The Bertz CT molecular complexity index is 1720. The summed E-state index contributed by atoms with van der Waals surface area (Å²) in [6, 6.07) is 22.8. The highest BCUT2D eigenvalue weighted by Gasteiger charge is 2.38. The molecule has 0 spiro atoms. The molecule has 2 aromatic carbocycles. The lowest BCUT2D eigenvalue weighted by Gasteiger charge is -2.41. The lowest BCUT2D eigenvalue weighted by atomic mass is 10.00. The first-order valence-corrected chi connectivity index (χ1v) is 17.6. The number of imidazole rings is 1. The number of carbonyl (C=O) groups excluding carboxylic acids is 3. The molecular formula is C39H47N5O6. The van der Waals surface area contributed by atoms with Crippen LogP contribution in [0.4, 0.5) is 9.59 Å². The Morgan fingerprint density at radius 2 is 1.66 bits per heavy atom. The van der Waals surface area contributed by atoms with Crippen molar-refractivity contribution in [3.05, 3.63) is 102 Å². The highest BCUT2D eigenvalue weighted by Crippen LogP contribution is 2.36. The van der Waals surface area contributed by atoms with Gasteiger partial charge in [-0.05, 0) is 64.2 Å². The van der Waals surface area contributed by atoms with Gasteiger partial charge in [0.1, 0.15) is 17.5 Å². The van der Waals surface area contributed by atoms with Gasteiger partial charge in [-0.25, -0.2) is 14.6 Å². The van der Waals surface area contributed by atoms with Crippen LogP contribution in [0.5, 0.6) is 0 Å². The van der Waals surface area contributed by atoms with E-state index in [0.717, 1.165) is 36.8 Å². The van der Waals surface area contributed by atoms with Crippen LogP contribution in [0, 0.1) is 0 Å². The Hall–Kier alpha value is -5.06. The standard InChI is InChI=1S/C39H47N5O6/c1-39(2,3)50-38(47)42-21-22-43(30(26-42)24-28-14-7-4-8-15-28)36(45)34-35(29-16-9-5-10-17-29)44(27-41-34)32-19-11-6-12-20-33(32)49-37(46)40-25-31-18-13-23-48-31/h4-5,7-10,13-18,23,27,30,32-33H,6,11-12,19-22,24-26H2,1-3H3,(H,40,46)/t30-,32+,33+/m1/s1. The van der Waals surface area contributed by atoms with Gasteiger partial charge in [-0.1, -0.05) is 73.5 Å². The van der Waals surface area contributed by atoms with E-state index in [9.17, 15) is 14.4 Å². The average molecular weight is 682 g/mol. The minimum Gasteiger partial charge on any atom is -0.467 e. The van der Waals surface area contributed by atoms with Crippen LogP contribution in [0.3, 0.4) is 0 Å². The van der Waals surface area contributed by atoms with Gasteiger partial charge in [-0.15, -0.1) is 0 Å². The van der Waals surface area contributed by atoms with E-state index in [-0.39, 0.29) is 30.6 Å². The second-order valence-corrected chi connectivity index (χ2v) is 14.1. The molecule has 3 atom stereocenters. The summed E-state index contributed by atoms with van der Waals surface area (Å²) in [6.45, 7) is 6.80. The van der Waals surface area contributed by atoms with E-state index >= 15 is 0 Å². The molecule has 50 heavy (non-hydrogen) atoms. The number of nitrogens with zero attached hydrogens (tertiary/aromatic N) is 4. The predicted octanol–water partition coefficient (Wildman–Crippen LogP) is 7.25. The van der Waals surface area contributed by atoms with Gasteiger partial charge in [0.2, 0.25) is 0 Å². The number of piperazine rings is 1. The van der Waals surface area contributed by atoms with Crippen molar-refractivity contribution in [2.45, 2.75) is 89.6 Å². The second kappa shape index (κ2) is 15.7. The van der Waals surface area contributed by atoms with Crippen molar-refractivity contribution < 1.29 is 28.3 Å². The van der Waals surface area contributed by atoms with Crippen molar-refractivity contribution in [1.82, 2.24) is 24.7 Å². The van der Waals surface area contributed by atoms with Crippen molar-refractivity contribution in [3.8, 4) is 11.3 Å². The monoisotopic (exact) mass is 681 g/mol. The SMILES string of the molecule is CC(C)(C)OC(=O)N1CCN(C(=O)c2ncn([C@H]3CCCCC[C@@H]3OC(=O)NCc3ccco3)c2-c2ccccc2)[C@H](Cc2ccccc2)C1. The van der Waals surface area contributed by atoms with Gasteiger partial charge in [0.15, 0.2) is 5.69 Å². The normalized spacial score (nSPS) is 19.8. The molecule has 11 heteroatoms. The van der Waals surface area contributed by atoms with Gasteiger partial charge in [0.05, 0.1) is 36.9 Å². The quantitative estimate of drug-likeness (QED) is 0.195. The maximum atomic E-state index is 14.7. The summed E-state index contributed by atoms with van der Waals surface area (Å²) in [5.41, 5.74) is 2.32. The minimum atomic E-state index is -0.629. The summed E-state index contributed by atoms with van der Waals surface area (Å²) in [4.78, 5) is 49.2. The van der Waals surface area contributed by atoms with Gasteiger partial charge < -0.3 is 33.6 Å². The van der Waals surface area contributed by atoms with E-state index in [1.54, 1.807) is 29.6 Å². The van der Waals surface area contributed by atoms with Gasteiger partial charge in [0, 0.05) is 25.2 Å². The first-order valence-electron chi connectivity index (χ1n) is 17.6. The van der Waals surface area contributed by atoms with Crippen molar-refractivity contribution in [2.75, 3.05) is 19.6 Å². The summed E-state index contributed by atoms with van der Waals surface area (Å²) >= 11 is 0. The summed E-state index contributed by atoms with van der Waals surface area (Å²) in [5.74, 6) is 0.440. The first-order chi connectivity index (χ1) is 24.2. The molecule has 2 aromatic heterocycles. The fraction of sp³-hybridized carbons (Fsp3) is 0.436. The Morgan fingerprint density at radius 3 is 2.38 bits per heavy atom. The Balaban J connectivity index is 1.30. The zero-order chi connectivity index (χ0) is 35.1. The lowest BCUT2D eigenvalue weighted by molar-refractivity contribution is 0.00429. The molecule has 264 valence electrons. The molecule has 3 amide bonds. The third-order valence-electron chi connectivity index (χ3n) is 9.27. The van der Waals surface area contributed by atoms with Crippen LogP contribution >= 0.6 is 0 Å². The molecule has 1 saturated heterocycles. The molecule has 1 aliphatic carbocycles. The van der Waals surface area contributed by atoms with Crippen LogP contribution in [0.1, 0.15) is 80.7 Å². The van der Waals surface area contributed by atoms with E-state index < -0.39 is 17.8 Å². The molecule has 0 radical (unpaired) electrons. The zero-order valence-corrected chi connectivity index (χ0v) is 29.1. The Kier molecular flexibility index (Phi) is 10.9. The molecule has 2 aliphatic rings. The number of hydrogen-bond donors (Lipinski definition) is 1. The molecule has 6 rings (SSSR count). The van der Waals surface area contributed by atoms with E-state index in [1.165, 1.54) is 0 Å². The minimum absolute atomic E-state index is 0.199. The van der Waals surface area contributed by atoms with Crippen LogP contribution in [0.25, 0.3) is 11.3 Å². The smallest absolute Gasteiger partial charge is 0.410 e. The highest BCUT2D eigenvalue weighted by atomic mass is 16.6. The van der Waals surface area contributed by atoms with Crippen molar-refractivity contribution in [1.29, 1.82) is 0 Å². The second-order valence-electron chi connectivity index (χ2n) is 14.1. The average Bonchev–Trinajstić information content (AvgIpc) is 3.74. The number of nitrogens with one attached hydrogen (secondary N) is 1. The number of hydrogen-bond acceptors (Lipinski definition) is 7. The number of rotatable bonds is 8. The molecule has 1 N–H and O–H groups in total. The predicted molar refractivity (Wildman–Crippen MR) is 188 cm³/mol. The molecule has 0 unspecified atom stereocenters. The topological polar surface area (TPSA) is 119 Å². The van der Waals surface area contributed by atoms with Gasteiger partial charge in [0.25, 0.3) is 5.91 Å². The summed E-state index contributed by atoms with van der Waals surface area (Å²) in [5, 5.41) is 2.81. The van der Waals surface area contributed by atoms with Crippen LogP contribution < -0.4 is 5.32 Å². The molecule has 1 aliphatic heterocycles.